The second-order valence-electron chi connectivity index (χ2n) is 5.42. The molecule has 0 atom stereocenters. The van der Waals surface area contributed by atoms with Crippen LogP contribution in [0.1, 0.15) is 40.0 Å². The van der Waals surface area contributed by atoms with Gasteiger partial charge in [0, 0.05) is 24.1 Å². The van der Waals surface area contributed by atoms with E-state index in [4.69, 9.17) is 0 Å². The number of nitrogens with zero attached hydrogens (tertiary/aromatic N) is 1. The molecule has 1 aromatic heterocycles. The van der Waals surface area contributed by atoms with E-state index in [-0.39, 0.29) is 11.6 Å². The van der Waals surface area contributed by atoms with Gasteiger partial charge in [0.15, 0.2) is 0 Å². The molecule has 3 rings (SSSR count). The molecule has 0 fully saturated rings. The summed E-state index contributed by atoms with van der Waals surface area (Å²) in [6, 6.07) is 3.20. The molecule has 0 saturated heterocycles. The molecule has 0 bridgehead atoms. The van der Waals surface area contributed by atoms with Crippen molar-refractivity contribution in [3.63, 3.8) is 0 Å². The summed E-state index contributed by atoms with van der Waals surface area (Å²) in [4.78, 5) is 12.4. The Bertz CT molecular complexity index is 737. The maximum Gasteiger partial charge on any atom is 0.266 e. The highest BCUT2D eigenvalue weighted by molar-refractivity contribution is 6.06. The average molecular weight is 308 g/mol. The zero-order valence-electron chi connectivity index (χ0n) is 12.0. The van der Waals surface area contributed by atoms with E-state index in [9.17, 15) is 18.0 Å². The van der Waals surface area contributed by atoms with Gasteiger partial charge in [0.2, 0.25) is 0 Å². The van der Waals surface area contributed by atoms with Crippen LogP contribution in [0.2, 0.25) is 0 Å². The first-order chi connectivity index (χ1) is 10.5. The van der Waals surface area contributed by atoms with Crippen LogP contribution in [-0.2, 0) is 13.0 Å². The molecule has 22 heavy (non-hydrogen) atoms. The van der Waals surface area contributed by atoms with E-state index in [1.54, 1.807) is 0 Å². The van der Waals surface area contributed by atoms with Gasteiger partial charge in [0.1, 0.15) is 5.82 Å². The quantitative estimate of drug-likeness (QED) is 0.911. The number of halogens is 3. The van der Waals surface area contributed by atoms with Gasteiger partial charge in [0.25, 0.3) is 12.3 Å². The number of alkyl halides is 2. The Balaban J connectivity index is 1.88. The van der Waals surface area contributed by atoms with Gasteiger partial charge in [0.05, 0.1) is 11.1 Å². The first-order valence-corrected chi connectivity index (χ1v) is 7.05. The van der Waals surface area contributed by atoms with Crippen LogP contribution in [0.25, 0.3) is 0 Å². The Kier molecular flexibility index (Phi) is 3.68. The Hall–Kier alpha value is -2.24. The van der Waals surface area contributed by atoms with E-state index in [2.05, 4.69) is 5.32 Å². The lowest BCUT2D eigenvalue weighted by Gasteiger charge is -2.09. The van der Waals surface area contributed by atoms with Crippen molar-refractivity contribution in [2.75, 3.05) is 5.32 Å². The number of rotatable bonds is 3. The Morgan fingerprint density at radius 3 is 2.86 bits per heavy atom. The zero-order valence-corrected chi connectivity index (χ0v) is 12.0. The minimum Gasteiger partial charge on any atom is -0.350 e. The van der Waals surface area contributed by atoms with Crippen molar-refractivity contribution in [2.45, 2.75) is 32.7 Å². The minimum absolute atomic E-state index is 0.166. The molecule has 0 unspecified atom stereocenters. The standard InChI is InChI=1S/C16H15F3N2O/c1-9-8-21-6-2-3-13(21)14(9)16(22)20-10-4-5-12(17)11(7-10)15(18)19/h4-5,7-8,15H,2-3,6H2,1H3,(H,20,22). The number of nitrogens with one attached hydrogen (secondary N) is 1. The van der Waals surface area contributed by atoms with Gasteiger partial charge in [-0.15, -0.1) is 0 Å². The summed E-state index contributed by atoms with van der Waals surface area (Å²) in [5.74, 6) is -1.33. The lowest BCUT2D eigenvalue weighted by atomic mass is 10.1. The fourth-order valence-electron chi connectivity index (χ4n) is 2.92. The van der Waals surface area contributed by atoms with Crippen LogP contribution in [0.3, 0.4) is 0 Å². The third-order valence-electron chi connectivity index (χ3n) is 3.91. The highest BCUT2D eigenvalue weighted by atomic mass is 19.3. The predicted octanol–water partition coefficient (Wildman–Crippen LogP) is 4.07. The Morgan fingerprint density at radius 2 is 2.14 bits per heavy atom. The van der Waals surface area contributed by atoms with Crippen LogP contribution in [0.15, 0.2) is 24.4 Å². The van der Waals surface area contributed by atoms with Crippen LogP contribution >= 0.6 is 0 Å². The normalized spacial score (nSPS) is 13.5. The molecule has 1 aliphatic rings. The van der Waals surface area contributed by atoms with E-state index >= 15 is 0 Å². The molecule has 2 heterocycles. The lowest BCUT2D eigenvalue weighted by Crippen LogP contribution is -2.14. The number of fused-ring (bicyclic) bond motifs is 1. The number of carbonyl (C=O) groups is 1. The van der Waals surface area contributed by atoms with Crippen LogP contribution in [0, 0.1) is 12.7 Å². The van der Waals surface area contributed by atoms with Crippen molar-refractivity contribution < 1.29 is 18.0 Å². The number of aromatic nitrogens is 1. The maximum absolute atomic E-state index is 13.3. The average Bonchev–Trinajstić information content (AvgIpc) is 3.00. The van der Waals surface area contributed by atoms with Crippen LogP contribution < -0.4 is 5.32 Å². The summed E-state index contributed by atoms with van der Waals surface area (Å²) in [7, 11) is 0. The van der Waals surface area contributed by atoms with E-state index in [1.165, 1.54) is 6.07 Å². The minimum atomic E-state index is -2.92. The largest absolute Gasteiger partial charge is 0.350 e. The first-order valence-electron chi connectivity index (χ1n) is 7.05. The summed E-state index contributed by atoms with van der Waals surface area (Å²) in [6.45, 7) is 2.73. The van der Waals surface area contributed by atoms with Crippen LogP contribution in [-0.4, -0.2) is 10.5 Å². The number of anilines is 1. The van der Waals surface area contributed by atoms with Crippen molar-refractivity contribution in [1.29, 1.82) is 0 Å². The number of hydrogen-bond acceptors (Lipinski definition) is 1. The van der Waals surface area contributed by atoms with E-state index < -0.39 is 17.8 Å². The zero-order chi connectivity index (χ0) is 15.9. The molecule has 0 radical (unpaired) electrons. The maximum atomic E-state index is 13.3. The monoisotopic (exact) mass is 308 g/mol. The molecule has 3 nitrogen and oxygen atoms in total. The Morgan fingerprint density at radius 1 is 1.36 bits per heavy atom. The fourth-order valence-corrected chi connectivity index (χ4v) is 2.92. The first kappa shape index (κ1) is 14.7. The van der Waals surface area contributed by atoms with Gasteiger partial charge in [-0.2, -0.15) is 0 Å². The number of benzene rings is 1. The van der Waals surface area contributed by atoms with Crippen LogP contribution in [0.5, 0.6) is 0 Å². The van der Waals surface area contributed by atoms with Gasteiger partial charge < -0.3 is 9.88 Å². The summed E-state index contributed by atoms with van der Waals surface area (Å²) < 4.78 is 40.7. The molecule has 2 aromatic rings. The number of hydrogen-bond donors (Lipinski definition) is 1. The lowest BCUT2D eigenvalue weighted by molar-refractivity contribution is 0.102. The Labute approximate surface area is 125 Å². The van der Waals surface area contributed by atoms with E-state index in [0.29, 0.717) is 5.56 Å². The highest BCUT2D eigenvalue weighted by Gasteiger charge is 2.23. The fraction of sp³-hybridized carbons (Fsp3) is 0.312. The molecular formula is C16H15F3N2O. The second-order valence-corrected chi connectivity index (χ2v) is 5.42. The van der Waals surface area contributed by atoms with Crippen LogP contribution in [0.4, 0.5) is 18.9 Å². The van der Waals surface area contributed by atoms with Crippen molar-refractivity contribution >= 4 is 11.6 Å². The van der Waals surface area contributed by atoms with Gasteiger partial charge in [-0.3, -0.25) is 4.79 Å². The van der Waals surface area contributed by atoms with Gasteiger partial charge >= 0.3 is 0 Å². The second kappa shape index (κ2) is 5.51. The summed E-state index contributed by atoms with van der Waals surface area (Å²) >= 11 is 0. The third kappa shape index (κ3) is 2.49. The predicted molar refractivity (Wildman–Crippen MR) is 76.8 cm³/mol. The molecule has 1 aliphatic heterocycles. The van der Waals surface area contributed by atoms with Gasteiger partial charge in [-0.05, 0) is 43.5 Å². The third-order valence-corrected chi connectivity index (χ3v) is 3.91. The molecule has 1 amide bonds. The summed E-state index contributed by atoms with van der Waals surface area (Å²) in [5, 5.41) is 2.59. The van der Waals surface area contributed by atoms with Crippen molar-refractivity contribution in [2.24, 2.45) is 0 Å². The number of aryl methyl sites for hydroxylation is 2. The molecule has 116 valence electrons. The summed E-state index contributed by atoms with van der Waals surface area (Å²) in [6.07, 6.45) is 0.814. The highest BCUT2D eigenvalue weighted by Crippen LogP contribution is 2.27. The van der Waals surface area contributed by atoms with Crippen molar-refractivity contribution in [3.8, 4) is 0 Å². The van der Waals surface area contributed by atoms with E-state index in [1.807, 2.05) is 17.7 Å². The smallest absolute Gasteiger partial charge is 0.266 e. The SMILES string of the molecule is Cc1cn2c(c1C(=O)Nc1ccc(F)c(C(F)F)c1)CCC2. The summed E-state index contributed by atoms with van der Waals surface area (Å²) in [5.41, 5.74) is 1.85. The molecule has 6 heteroatoms. The molecule has 1 N–H and O–H groups in total. The number of amides is 1. The molecule has 0 aliphatic carbocycles. The van der Waals surface area contributed by atoms with E-state index in [0.717, 1.165) is 42.8 Å². The van der Waals surface area contributed by atoms with Gasteiger partial charge in [-0.1, -0.05) is 0 Å². The molecule has 0 saturated carbocycles. The van der Waals surface area contributed by atoms with Gasteiger partial charge in [-0.25, -0.2) is 13.2 Å². The molecule has 1 aromatic carbocycles. The molecular weight excluding hydrogens is 293 g/mol. The topological polar surface area (TPSA) is 34.0 Å². The van der Waals surface area contributed by atoms with Crippen molar-refractivity contribution in [1.82, 2.24) is 4.57 Å². The number of carbonyl (C=O) groups excluding carboxylic acids is 1. The molecule has 0 spiro atoms. The van der Waals surface area contributed by atoms with Crippen molar-refractivity contribution in [3.05, 3.63) is 52.6 Å².